The van der Waals surface area contributed by atoms with E-state index in [-0.39, 0.29) is 29.8 Å². The molecule has 1 aromatic carbocycles. The summed E-state index contributed by atoms with van der Waals surface area (Å²) in [4.78, 5) is 29.1. The number of nitrogens with one attached hydrogen (secondary N) is 1. The van der Waals surface area contributed by atoms with Crippen molar-refractivity contribution in [1.29, 1.82) is 0 Å². The smallest absolute Gasteiger partial charge is 0.258 e. The second-order valence-corrected chi connectivity index (χ2v) is 6.25. The molecule has 0 atom stereocenters. The lowest BCUT2D eigenvalue weighted by molar-refractivity contribution is 0.0948. The monoisotopic (exact) mass is 372 g/mol. The first kappa shape index (κ1) is 18.1. The van der Waals surface area contributed by atoms with Gasteiger partial charge >= 0.3 is 0 Å². The average Bonchev–Trinajstić information content (AvgIpc) is 2.66. The molecular formula is C19H17ClN2O4. The molecule has 0 spiro atoms. The quantitative estimate of drug-likeness (QED) is 0.694. The van der Waals surface area contributed by atoms with Crippen molar-refractivity contribution in [2.45, 2.75) is 19.4 Å². The summed E-state index contributed by atoms with van der Waals surface area (Å²) in [5, 5.41) is 12.5. The van der Waals surface area contributed by atoms with Crippen LogP contribution in [0, 0.1) is 0 Å². The maximum absolute atomic E-state index is 12.6. The summed E-state index contributed by atoms with van der Waals surface area (Å²) in [6, 6.07) is 8.70. The molecule has 0 saturated carbocycles. The number of aliphatic hydroxyl groups is 1. The second kappa shape index (κ2) is 8.12. The number of nitrogens with zero attached hydrogens (tertiary/aromatic N) is 1. The van der Waals surface area contributed by atoms with Gasteiger partial charge in [0.25, 0.3) is 5.91 Å². The van der Waals surface area contributed by atoms with E-state index in [2.05, 4.69) is 10.3 Å². The van der Waals surface area contributed by atoms with E-state index in [0.29, 0.717) is 17.9 Å². The second-order valence-electron chi connectivity index (χ2n) is 5.81. The molecular weight excluding hydrogens is 356 g/mol. The molecule has 6 nitrogen and oxygen atoms in total. The van der Waals surface area contributed by atoms with E-state index in [1.165, 1.54) is 0 Å². The Hall–Kier alpha value is -2.70. The van der Waals surface area contributed by atoms with Crippen molar-refractivity contribution >= 4 is 28.6 Å². The maximum atomic E-state index is 12.6. The molecule has 3 rings (SSSR count). The van der Waals surface area contributed by atoms with Gasteiger partial charge in [0.05, 0.1) is 5.39 Å². The number of pyridine rings is 1. The number of aliphatic hydroxyl groups excluding tert-OH is 1. The van der Waals surface area contributed by atoms with E-state index in [1.54, 1.807) is 36.5 Å². The third kappa shape index (κ3) is 4.09. The lowest BCUT2D eigenvalue weighted by atomic mass is 10.1. The molecule has 0 fully saturated rings. The Morgan fingerprint density at radius 2 is 2.00 bits per heavy atom. The van der Waals surface area contributed by atoms with Crippen molar-refractivity contribution in [3.05, 3.63) is 74.7 Å². The van der Waals surface area contributed by atoms with Gasteiger partial charge in [0.1, 0.15) is 11.8 Å². The van der Waals surface area contributed by atoms with E-state index in [1.807, 2.05) is 0 Å². The lowest BCUT2D eigenvalue weighted by Crippen LogP contribution is -2.28. The molecule has 0 aliphatic carbocycles. The minimum absolute atomic E-state index is 0.0553. The zero-order valence-electron chi connectivity index (χ0n) is 13.9. The number of carbonyl (C=O) groups excluding carboxylic acids is 1. The third-order valence-electron chi connectivity index (χ3n) is 3.92. The van der Waals surface area contributed by atoms with Crippen molar-refractivity contribution < 1.29 is 14.3 Å². The standard InChI is InChI=1S/C19H17ClN2O4/c20-14-5-3-12(4-6-14)9-21-18(25)16-11-26-19-15(17(16)24)8-13(10-22-19)2-1-7-23/h3-6,8,10-11,23H,1-2,7,9H2,(H,21,25). The van der Waals surface area contributed by atoms with Crippen molar-refractivity contribution in [1.82, 2.24) is 10.3 Å². The molecule has 2 N–H and O–H groups in total. The molecule has 134 valence electrons. The fraction of sp³-hybridized carbons (Fsp3) is 0.211. The SMILES string of the molecule is O=C(NCc1ccc(Cl)cc1)c1coc2ncc(CCCO)cc2c1=O. The van der Waals surface area contributed by atoms with Crippen LogP contribution < -0.4 is 10.7 Å². The highest BCUT2D eigenvalue weighted by Crippen LogP contribution is 2.13. The van der Waals surface area contributed by atoms with Gasteiger partial charge in [-0.15, -0.1) is 0 Å². The minimum Gasteiger partial charge on any atom is -0.445 e. The van der Waals surface area contributed by atoms with Gasteiger partial charge in [-0.1, -0.05) is 23.7 Å². The van der Waals surface area contributed by atoms with Crippen LogP contribution in [0.3, 0.4) is 0 Å². The Morgan fingerprint density at radius 3 is 2.73 bits per heavy atom. The lowest BCUT2D eigenvalue weighted by Gasteiger charge is -2.06. The van der Waals surface area contributed by atoms with Gasteiger partial charge in [-0.2, -0.15) is 0 Å². The van der Waals surface area contributed by atoms with E-state index < -0.39 is 11.3 Å². The summed E-state index contributed by atoms with van der Waals surface area (Å²) in [6.45, 7) is 0.321. The number of benzene rings is 1. The van der Waals surface area contributed by atoms with Crippen LogP contribution in [0.4, 0.5) is 0 Å². The highest BCUT2D eigenvalue weighted by atomic mass is 35.5. The average molecular weight is 373 g/mol. The molecule has 0 radical (unpaired) electrons. The van der Waals surface area contributed by atoms with Crippen molar-refractivity contribution in [3.63, 3.8) is 0 Å². The van der Waals surface area contributed by atoms with Crippen LogP contribution in [0.5, 0.6) is 0 Å². The third-order valence-corrected chi connectivity index (χ3v) is 4.17. The summed E-state index contributed by atoms with van der Waals surface area (Å²) in [7, 11) is 0. The Bertz CT molecular complexity index is 983. The van der Waals surface area contributed by atoms with Crippen LogP contribution in [0.15, 0.2) is 52.0 Å². The number of halogens is 1. The van der Waals surface area contributed by atoms with Gasteiger partial charge in [0.2, 0.25) is 11.1 Å². The van der Waals surface area contributed by atoms with Crippen molar-refractivity contribution in [2.24, 2.45) is 0 Å². The van der Waals surface area contributed by atoms with E-state index in [9.17, 15) is 9.59 Å². The largest absolute Gasteiger partial charge is 0.445 e. The number of aromatic nitrogens is 1. The van der Waals surface area contributed by atoms with Crippen molar-refractivity contribution in [2.75, 3.05) is 6.61 Å². The molecule has 0 unspecified atom stereocenters. The predicted octanol–water partition coefficient (Wildman–Crippen LogP) is 2.70. The first-order chi connectivity index (χ1) is 12.6. The fourth-order valence-electron chi connectivity index (χ4n) is 2.52. The Labute approximate surface area is 154 Å². The Morgan fingerprint density at radius 1 is 1.23 bits per heavy atom. The van der Waals surface area contributed by atoms with E-state index >= 15 is 0 Å². The van der Waals surface area contributed by atoms with Gasteiger partial charge in [-0.3, -0.25) is 9.59 Å². The van der Waals surface area contributed by atoms with Crippen LogP contribution >= 0.6 is 11.6 Å². The number of hydrogen-bond acceptors (Lipinski definition) is 5. The molecule has 3 aromatic rings. The number of amides is 1. The molecule has 7 heteroatoms. The number of carbonyl (C=O) groups is 1. The van der Waals surface area contributed by atoms with Crippen LogP contribution in [-0.4, -0.2) is 22.6 Å². The van der Waals surface area contributed by atoms with E-state index in [0.717, 1.165) is 17.4 Å². The first-order valence-corrected chi connectivity index (χ1v) is 8.50. The Kier molecular flexibility index (Phi) is 5.65. The fourth-order valence-corrected chi connectivity index (χ4v) is 2.65. The van der Waals surface area contributed by atoms with Crippen LogP contribution in [0.25, 0.3) is 11.1 Å². The molecule has 26 heavy (non-hydrogen) atoms. The van der Waals surface area contributed by atoms with Gasteiger partial charge in [-0.05, 0) is 42.2 Å². The highest BCUT2D eigenvalue weighted by Gasteiger charge is 2.15. The first-order valence-electron chi connectivity index (χ1n) is 8.12. The highest BCUT2D eigenvalue weighted by molar-refractivity contribution is 6.30. The number of aryl methyl sites for hydroxylation is 1. The number of hydrogen-bond donors (Lipinski definition) is 2. The van der Waals surface area contributed by atoms with Crippen molar-refractivity contribution in [3.8, 4) is 0 Å². The summed E-state index contributed by atoms with van der Waals surface area (Å²) in [6.07, 6.45) is 3.88. The number of rotatable bonds is 6. The summed E-state index contributed by atoms with van der Waals surface area (Å²) < 4.78 is 5.33. The summed E-state index contributed by atoms with van der Waals surface area (Å²) in [5.41, 5.74) is 1.33. The van der Waals surface area contributed by atoms with Crippen LogP contribution in [0.2, 0.25) is 5.02 Å². The zero-order valence-corrected chi connectivity index (χ0v) is 14.6. The molecule has 0 saturated heterocycles. The van der Waals surface area contributed by atoms with Crippen LogP contribution in [0.1, 0.15) is 27.9 Å². The number of fused-ring (bicyclic) bond motifs is 1. The zero-order chi connectivity index (χ0) is 18.5. The molecule has 1 amide bonds. The predicted molar refractivity (Wildman–Crippen MR) is 98.3 cm³/mol. The normalized spacial score (nSPS) is 10.8. The summed E-state index contributed by atoms with van der Waals surface area (Å²) in [5.74, 6) is -0.517. The van der Waals surface area contributed by atoms with Crippen LogP contribution in [-0.2, 0) is 13.0 Å². The van der Waals surface area contributed by atoms with Gasteiger partial charge in [-0.25, -0.2) is 4.98 Å². The summed E-state index contributed by atoms with van der Waals surface area (Å²) >= 11 is 5.83. The maximum Gasteiger partial charge on any atom is 0.258 e. The Balaban J connectivity index is 1.82. The topological polar surface area (TPSA) is 92.4 Å². The minimum atomic E-state index is -0.517. The van der Waals surface area contributed by atoms with Gasteiger partial charge < -0.3 is 14.8 Å². The van der Waals surface area contributed by atoms with Gasteiger partial charge in [0, 0.05) is 24.4 Å². The molecule has 0 bridgehead atoms. The molecule has 2 heterocycles. The van der Waals surface area contributed by atoms with E-state index in [4.69, 9.17) is 21.1 Å². The molecule has 0 aliphatic heterocycles. The van der Waals surface area contributed by atoms with Gasteiger partial charge in [0.15, 0.2) is 0 Å². The molecule has 2 aromatic heterocycles. The molecule has 0 aliphatic rings.